The van der Waals surface area contributed by atoms with Gasteiger partial charge in [0.15, 0.2) is 0 Å². The Bertz CT molecular complexity index is 2330. The van der Waals surface area contributed by atoms with Crippen LogP contribution in [0.1, 0.15) is 121 Å². The molecule has 2 aromatic carbocycles. The number of sulfonamides is 1. The summed E-state index contributed by atoms with van der Waals surface area (Å²) in [5.74, 6) is 1.54. The first-order valence-corrected chi connectivity index (χ1v) is 21.3. The summed E-state index contributed by atoms with van der Waals surface area (Å²) in [6.45, 7) is 5.14. The standard InChI is InChI=1S/C43H49N5O5S/c1-26(2)54(51,52)45-42(49)30-14-16-36-38(21-30)47-25-32(19-31-20-34(53-3)15-17-35(31)41(47)39(36)29-8-5-4-6-9-29)40-37(22-44-48(40)33-10-7-11-33)43(50)46-23-27-12-13-28(18-27)24-46/h4-5,14-17,19-22,26-29,33H,6-13,18,23-25H2,1-3H3,(H,45,49). The molecule has 10 nitrogen and oxygen atoms in total. The van der Waals surface area contributed by atoms with Gasteiger partial charge in [-0.1, -0.05) is 18.2 Å². The number of nitrogens with zero attached hydrogens (tertiary/aromatic N) is 4. The first kappa shape index (κ1) is 35.1. The van der Waals surface area contributed by atoms with E-state index in [0.717, 1.165) is 96.4 Å². The Hall–Kier alpha value is -4.64. The number of allylic oxidation sites excluding steroid dienone is 3. The lowest BCUT2D eigenvalue weighted by Crippen LogP contribution is -2.41. The van der Waals surface area contributed by atoms with E-state index < -0.39 is 21.2 Å². The third-order valence-corrected chi connectivity index (χ3v) is 14.4. The van der Waals surface area contributed by atoms with E-state index in [1.165, 1.54) is 24.8 Å². The molecule has 282 valence electrons. The zero-order valence-corrected chi connectivity index (χ0v) is 32.2. The van der Waals surface area contributed by atoms with E-state index in [9.17, 15) is 18.0 Å². The molecular weight excluding hydrogens is 699 g/mol. The van der Waals surface area contributed by atoms with Crippen LogP contribution in [0.15, 0.2) is 54.7 Å². The van der Waals surface area contributed by atoms with Crippen LogP contribution in [0.5, 0.6) is 5.75 Å². The van der Waals surface area contributed by atoms with Gasteiger partial charge >= 0.3 is 0 Å². The molecule has 4 heterocycles. The average molecular weight is 748 g/mol. The summed E-state index contributed by atoms with van der Waals surface area (Å²) in [7, 11) is -2.15. The van der Waals surface area contributed by atoms with E-state index in [-0.39, 0.29) is 23.4 Å². The highest BCUT2D eigenvalue weighted by Gasteiger charge is 2.38. The quantitative estimate of drug-likeness (QED) is 0.183. The van der Waals surface area contributed by atoms with Crippen molar-refractivity contribution in [1.82, 2.24) is 24.0 Å². The molecule has 1 saturated heterocycles. The van der Waals surface area contributed by atoms with E-state index >= 15 is 0 Å². The van der Waals surface area contributed by atoms with E-state index in [4.69, 9.17) is 9.84 Å². The van der Waals surface area contributed by atoms with Crippen LogP contribution in [0.2, 0.25) is 0 Å². The van der Waals surface area contributed by atoms with Crippen LogP contribution in [-0.4, -0.2) is 64.9 Å². The second kappa shape index (κ2) is 13.6. The highest BCUT2D eigenvalue weighted by molar-refractivity contribution is 7.90. The fourth-order valence-corrected chi connectivity index (χ4v) is 10.2. The van der Waals surface area contributed by atoms with E-state index in [1.54, 1.807) is 33.2 Å². The molecule has 0 spiro atoms. The van der Waals surface area contributed by atoms with E-state index in [0.29, 0.717) is 23.9 Å². The van der Waals surface area contributed by atoms with Gasteiger partial charge in [0.05, 0.1) is 48.1 Å². The molecular formula is C43H49N5O5S. The number of rotatable bonds is 8. The number of likely N-dealkylation sites (tertiary alicyclic amines) is 1. The first-order chi connectivity index (χ1) is 26.1. The second-order valence-electron chi connectivity index (χ2n) is 16.4. The first-order valence-electron chi connectivity index (χ1n) is 19.7. The molecule has 1 N–H and O–H groups in total. The number of nitrogens with one attached hydrogen (secondary N) is 1. The normalized spacial score (nSPS) is 22.4. The average Bonchev–Trinajstić information content (AvgIpc) is 3.79. The van der Waals surface area contributed by atoms with Gasteiger partial charge < -0.3 is 14.2 Å². The molecule has 2 aliphatic heterocycles. The summed E-state index contributed by atoms with van der Waals surface area (Å²) < 4.78 is 38.1. The maximum absolute atomic E-state index is 14.6. The smallest absolute Gasteiger partial charge is 0.264 e. The molecule has 11 heteroatoms. The predicted molar refractivity (Wildman–Crippen MR) is 211 cm³/mol. The van der Waals surface area contributed by atoms with Crippen molar-refractivity contribution in [1.29, 1.82) is 0 Å². The number of fused-ring (bicyclic) bond motifs is 7. The second-order valence-corrected chi connectivity index (χ2v) is 18.6. The Labute approximate surface area is 317 Å². The van der Waals surface area contributed by atoms with Gasteiger partial charge in [0.2, 0.25) is 10.0 Å². The largest absolute Gasteiger partial charge is 0.497 e. The molecule has 2 amide bonds. The number of carbonyl (C=O) groups excluding carboxylic acids is 2. The number of piperidine rings is 1. The van der Waals surface area contributed by atoms with Gasteiger partial charge in [-0.2, -0.15) is 5.10 Å². The van der Waals surface area contributed by atoms with Crippen LogP contribution in [0.25, 0.3) is 33.8 Å². The summed E-state index contributed by atoms with van der Waals surface area (Å²) >= 11 is 0. The lowest BCUT2D eigenvalue weighted by Gasteiger charge is -2.32. The fourth-order valence-electron chi connectivity index (χ4n) is 9.59. The minimum atomic E-state index is -3.83. The van der Waals surface area contributed by atoms with Crippen molar-refractivity contribution in [2.24, 2.45) is 11.8 Å². The summed E-state index contributed by atoms with van der Waals surface area (Å²) in [5, 5.41) is 5.26. The molecule has 3 atom stereocenters. The summed E-state index contributed by atoms with van der Waals surface area (Å²) in [4.78, 5) is 30.3. The lowest BCUT2D eigenvalue weighted by atomic mass is 9.84. The molecule has 9 rings (SSSR count). The summed E-state index contributed by atoms with van der Waals surface area (Å²) in [5.41, 5.74) is 7.98. The third-order valence-electron chi connectivity index (χ3n) is 12.7. The van der Waals surface area contributed by atoms with Crippen molar-refractivity contribution < 1.29 is 22.7 Å². The molecule has 3 fully saturated rings. The van der Waals surface area contributed by atoms with Gasteiger partial charge in [-0.15, -0.1) is 0 Å². The van der Waals surface area contributed by atoms with Gasteiger partial charge in [0.1, 0.15) is 5.75 Å². The molecule has 2 bridgehead atoms. The Morgan fingerprint density at radius 1 is 0.963 bits per heavy atom. The number of carbonyl (C=O) groups is 2. The van der Waals surface area contributed by atoms with Crippen molar-refractivity contribution in [3.63, 3.8) is 0 Å². The van der Waals surface area contributed by atoms with Crippen LogP contribution in [0.3, 0.4) is 0 Å². The van der Waals surface area contributed by atoms with Gasteiger partial charge in [0.25, 0.3) is 11.8 Å². The summed E-state index contributed by atoms with van der Waals surface area (Å²) in [6, 6.07) is 12.0. The Kier molecular flexibility index (Phi) is 8.83. The number of hydrogen-bond donors (Lipinski definition) is 1. The van der Waals surface area contributed by atoms with Crippen molar-refractivity contribution >= 4 is 44.4 Å². The van der Waals surface area contributed by atoms with E-state index in [1.807, 2.05) is 18.2 Å². The van der Waals surface area contributed by atoms with Gasteiger partial charge in [-0.3, -0.25) is 14.3 Å². The minimum absolute atomic E-state index is 0.0563. The highest BCUT2D eigenvalue weighted by atomic mass is 32.2. The van der Waals surface area contributed by atoms with Crippen molar-refractivity contribution in [3.8, 4) is 17.0 Å². The van der Waals surface area contributed by atoms with Crippen LogP contribution >= 0.6 is 0 Å². The number of benzene rings is 2. The van der Waals surface area contributed by atoms with E-state index in [2.05, 4.69) is 49.2 Å². The number of aromatic nitrogens is 3. The zero-order valence-electron chi connectivity index (χ0n) is 31.4. The van der Waals surface area contributed by atoms with Gasteiger partial charge in [-0.25, -0.2) is 13.1 Å². The number of ether oxygens (including phenoxy) is 1. The highest BCUT2D eigenvalue weighted by Crippen LogP contribution is 2.48. The summed E-state index contributed by atoms with van der Waals surface area (Å²) in [6.07, 6.45) is 18.2. The molecule has 3 aliphatic carbocycles. The molecule has 4 aromatic rings. The molecule has 54 heavy (non-hydrogen) atoms. The zero-order chi connectivity index (χ0) is 37.3. The Balaban J connectivity index is 1.25. The van der Waals surface area contributed by atoms with Crippen LogP contribution in [0, 0.1) is 11.8 Å². The number of methoxy groups -OCH3 is 1. The minimum Gasteiger partial charge on any atom is -0.497 e. The molecule has 2 aromatic heterocycles. The monoisotopic (exact) mass is 747 g/mol. The molecule has 0 radical (unpaired) electrons. The lowest BCUT2D eigenvalue weighted by molar-refractivity contribution is 0.0661. The van der Waals surface area contributed by atoms with Crippen molar-refractivity contribution in [3.05, 3.63) is 82.7 Å². The van der Waals surface area contributed by atoms with Crippen molar-refractivity contribution in [2.45, 2.75) is 95.4 Å². The fraction of sp³-hybridized carbons (Fsp3) is 0.465. The number of hydrogen-bond acceptors (Lipinski definition) is 6. The van der Waals surface area contributed by atoms with Gasteiger partial charge in [-0.05, 0) is 142 Å². The SMILES string of the molecule is COc1ccc2c(c1)C=C(c1c(C(=O)N3CC4CCC(C4)C3)cnn1C1CCC1)Cn1c-2c(C2CC=CCC2)c2ccc(C(=O)NS(=O)(=O)C(C)C)cc21. The molecule has 5 aliphatic rings. The van der Waals surface area contributed by atoms with Crippen LogP contribution in [-0.2, 0) is 16.6 Å². The Morgan fingerprint density at radius 3 is 2.44 bits per heavy atom. The maximum Gasteiger partial charge on any atom is 0.264 e. The van der Waals surface area contributed by atoms with Crippen molar-refractivity contribution in [2.75, 3.05) is 20.2 Å². The maximum atomic E-state index is 14.6. The van der Waals surface area contributed by atoms with Crippen LogP contribution in [0.4, 0.5) is 0 Å². The number of amides is 2. The predicted octanol–water partition coefficient (Wildman–Crippen LogP) is 7.96. The van der Waals surface area contributed by atoms with Crippen LogP contribution < -0.4 is 9.46 Å². The molecule has 3 unspecified atom stereocenters. The van der Waals surface area contributed by atoms with Gasteiger partial charge in [0, 0.05) is 35.1 Å². The topological polar surface area (TPSA) is 116 Å². The Morgan fingerprint density at radius 2 is 1.76 bits per heavy atom. The molecule has 2 saturated carbocycles. The third kappa shape index (κ3) is 5.99.